The van der Waals surface area contributed by atoms with Crippen LogP contribution in [0.3, 0.4) is 0 Å². The minimum absolute atomic E-state index is 0.0906. The Morgan fingerprint density at radius 1 is 1.25 bits per heavy atom. The molecule has 0 spiro atoms. The van der Waals surface area contributed by atoms with Gasteiger partial charge in [0.2, 0.25) is 0 Å². The van der Waals surface area contributed by atoms with E-state index in [4.69, 9.17) is 4.74 Å². The van der Waals surface area contributed by atoms with Crippen LogP contribution in [-0.2, 0) is 0 Å². The Morgan fingerprint density at radius 3 is 2.65 bits per heavy atom. The number of anilines is 1. The van der Waals surface area contributed by atoms with Crippen LogP contribution in [0.4, 0.5) is 10.1 Å². The molecule has 20 heavy (non-hydrogen) atoms. The van der Waals surface area contributed by atoms with Crippen molar-refractivity contribution in [2.45, 2.75) is 6.92 Å². The molecule has 104 valence electrons. The second-order valence-corrected chi connectivity index (χ2v) is 5.12. The normalized spacial score (nSPS) is 10.2. The molecular formula is C15H13BrFNO2. The van der Waals surface area contributed by atoms with E-state index in [9.17, 15) is 9.18 Å². The number of nitrogens with one attached hydrogen (secondary N) is 1. The van der Waals surface area contributed by atoms with Gasteiger partial charge in [-0.15, -0.1) is 0 Å². The highest BCUT2D eigenvalue weighted by molar-refractivity contribution is 9.10. The van der Waals surface area contributed by atoms with Gasteiger partial charge in [0.05, 0.1) is 7.11 Å². The van der Waals surface area contributed by atoms with Crippen molar-refractivity contribution in [3.05, 3.63) is 57.8 Å². The van der Waals surface area contributed by atoms with Crippen molar-refractivity contribution in [3.8, 4) is 5.75 Å². The molecule has 0 fully saturated rings. The van der Waals surface area contributed by atoms with Crippen molar-refractivity contribution in [1.82, 2.24) is 0 Å². The van der Waals surface area contributed by atoms with Crippen LogP contribution < -0.4 is 10.1 Å². The van der Waals surface area contributed by atoms with E-state index in [1.165, 1.54) is 25.3 Å². The van der Waals surface area contributed by atoms with E-state index in [0.717, 1.165) is 10.0 Å². The van der Waals surface area contributed by atoms with Gasteiger partial charge in [-0.3, -0.25) is 4.79 Å². The molecule has 0 aliphatic carbocycles. The first-order valence-corrected chi connectivity index (χ1v) is 6.71. The second-order valence-electron chi connectivity index (χ2n) is 4.27. The van der Waals surface area contributed by atoms with E-state index in [0.29, 0.717) is 11.3 Å². The number of amides is 1. The number of benzene rings is 2. The number of carbonyl (C=O) groups excluding carboxylic acids is 1. The molecule has 2 aromatic carbocycles. The first kappa shape index (κ1) is 14.5. The SMILES string of the molecule is COc1cc(NC(=O)c2ccc(C)c(Br)c2)ccc1F. The van der Waals surface area contributed by atoms with E-state index in [1.807, 2.05) is 13.0 Å². The lowest BCUT2D eigenvalue weighted by Crippen LogP contribution is -2.12. The molecule has 1 N–H and O–H groups in total. The summed E-state index contributed by atoms with van der Waals surface area (Å²) in [6.45, 7) is 1.94. The smallest absolute Gasteiger partial charge is 0.255 e. The lowest BCUT2D eigenvalue weighted by atomic mass is 10.1. The van der Waals surface area contributed by atoms with Crippen LogP contribution in [0.2, 0.25) is 0 Å². The molecule has 1 amide bonds. The number of hydrogen-bond acceptors (Lipinski definition) is 2. The number of methoxy groups -OCH3 is 1. The van der Waals surface area contributed by atoms with Gasteiger partial charge in [0.25, 0.3) is 5.91 Å². The van der Waals surface area contributed by atoms with Crippen LogP contribution in [0, 0.1) is 12.7 Å². The van der Waals surface area contributed by atoms with Crippen molar-refractivity contribution in [1.29, 1.82) is 0 Å². The third-order valence-electron chi connectivity index (χ3n) is 2.84. The predicted molar refractivity (Wildman–Crippen MR) is 79.8 cm³/mol. The first-order chi connectivity index (χ1) is 9.51. The summed E-state index contributed by atoms with van der Waals surface area (Å²) in [5.41, 5.74) is 2.04. The maximum absolute atomic E-state index is 13.3. The minimum Gasteiger partial charge on any atom is -0.494 e. The molecular weight excluding hydrogens is 325 g/mol. The van der Waals surface area contributed by atoms with Gasteiger partial charge in [0.1, 0.15) is 0 Å². The van der Waals surface area contributed by atoms with Crippen LogP contribution in [-0.4, -0.2) is 13.0 Å². The third-order valence-corrected chi connectivity index (χ3v) is 3.70. The minimum atomic E-state index is -0.469. The molecule has 0 aromatic heterocycles. The lowest BCUT2D eigenvalue weighted by molar-refractivity contribution is 0.102. The summed E-state index contributed by atoms with van der Waals surface area (Å²) < 4.78 is 19.0. The van der Waals surface area contributed by atoms with E-state index in [-0.39, 0.29) is 11.7 Å². The molecule has 0 heterocycles. The summed E-state index contributed by atoms with van der Waals surface area (Å²) >= 11 is 3.38. The zero-order valence-electron chi connectivity index (χ0n) is 11.0. The fourth-order valence-electron chi connectivity index (χ4n) is 1.67. The standard InChI is InChI=1S/C15H13BrFNO2/c1-9-3-4-10(7-12(9)16)15(19)18-11-5-6-13(17)14(8-11)20-2/h3-8H,1-2H3,(H,18,19). The molecule has 3 nitrogen and oxygen atoms in total. The topological polar surface area (TPSA) is 38.3 Å². The van der Waals surface area contributed by atoms with Crippen molar-refractivity contribution >= 4 is 27.5 Å². The van der Waals surface area contributed by atoms with Gasteiger partial charge in [0, 0.05) is 21.8 Å². The average molecular weight is 338 g/mol. The predicted octanol–water partition coefficient (Wildman–Crippen LogP) is 4.16. The fourth-order valence-corrected chi connectivity index (χ4v) is 2.05. The first-order valence-electron chi connectivity index (χ1n) is 5.92. The molecule has 0 aliphatic rings. The quantitative estimate of drug-likeness (QED) is 0.913. The van der Waals surface area contributed by atoms with Crippen molar-refractivity contribution in [2.75, 3.05) is 12.4 Å². The van der Waals surface area contributed by atoms with Gasteiger partial charge in [-0.1, -0.05) is 22.0 Å². The number of hydrogen-bond donors (Lipinski definition) is 1. The van der Waals surface area contributed by atoms with E-state index < -0.39 is 5.82 Å². The Morgan fingerprint density at radius 2 is 2.00 bits per heavy atom. The summed E-state index contributed by atoms with van der Waals surface area (Å²) in [6, 6.07) is 9.50. The second kappa shape index (κ2) is 6.05. The summed E-state index contributed by atoms with van der Waals surface area (Å²) in [4.78, 5) is 12.1. The van der Waals surface area contributed by atoms with Gasteiger partial charge in [0.15, 0.2) is 11.6 Å². The summed E-state index contributed by atoms with van der Waals surface area (Å²) in [5, 5.41) is 2.70. The van der Waals surface area contributed by atoms with E-state index in [2.05, 4.69) is 21.2 Å². The van der Waals surface area contributed by atoms with Crippen molar-refractivity contribution in [2.24, 2.45) is 0 Å². The highest BCUT2D eigenvalue weighted by atomic mass is 79.9. The number of carbonyl (C=O) groups is 1. The van der Waals surface area contributed by atoms with Gasteiger partial charge < -0.3 is 10.1 Å². The van der Waals surface area contributed by atoms with E-state index in [1.54, 1.807) is 12.1 Å². The van der Waals surface area contributed by atoms with Gasteiger partial charge >= 0.3 is 0 Å². The fraction of sp³-hybridized carbons (Fsp3) is 0.133. The monoisotopic (exact) mass is 337 g/mol. The Hall–Kier alpha value is -1.88. The van der Waals surface area contributed by atoms with Gasteiger partial charge in [-0.2, -0.15) is 0 Å². The van der Waals surface area contributed by atoms with Crippen molar-refractivity contribution < 1.29 is 13.9 Å². The Bertz CT molecular complexity index is 658. The molecule has 0 saturated heterocycles. The highest BCUT2D eigenvalue weighted by Crippen LogP contribution is 2.23. The molecule has 0 atom stereocenters. The zero-order valence-corrected chi connectivity index (χ0v) is 12.6. The zero-order chi connectivity index (χ0) is 14.7. The summed E-state index contributed by atoms with van der Waals surface area (Å²) in [5.74, 6) is -0.643. The number of aryl methyl sites for hydroxylation is 1. The third kappa shape index (κ3) is 3.17. The van der Waals surface area contributed by atoms with Crippen LogP contribution in [0.25, 0.3) is 0 Å². The summed E-state index contributed by atoms with van der Waals surface area (Å²) in [7, 11) is 1.38. The van der Waals surface area contributed by atoms with Crippen LogP contribution in [0.15, 0.2) is 40.9 Å². The number of rotatable bonds is 3. The Balaban J connectivity index is 2.21. The van der Waals surface area contributed by atoms with Crippen LogP contribution in [0.1, 0.15) is 15.9 Å². The molecule has 0 saturated carbocycles. The van der Waals surface area contributed by atoms with Gasteiger partial charge in [-0.25, -0.2) is 4.39 Å². The Labute approximate surface area is 124 Å². The maximum atomic E-state index is 13.3. The van der Waals surface area contributed by atoms with Crippen molar-refractivity contribution in [3.63, 3.8) is 0 Å². The highest BCUT2D eigenvalue weighted by Gasteiger charge is 2.09. The molecule has 0 bridgehead atoms. The molecule has 0 radical (unpaired) electrons. The number of halogens is 2. The summed E-state index contributed by atoms with van der Waals surface area (Å²) in [6.07, 6.45) is 0. The number of ether oxygens (including phenoxy) is 1. The molecule has 0 aliphatic heterocycles. The van der Waals surface area contributed by atoms with Crippen LogP contribution >= 0.6 is 15.9 Å². The maximum Gasteiger partial charge on any atom is 0.255 e. The molecule has 2 aromatic rings. The average Bonchev–Trinajstić information content (AvgIpc) is 2.43. The Kier molecular flexibility index (Phi) is 4.39. The molecule has 0 unspecified atom stereocenters. The molecule has 2 rings (SSSR count). The van der Waals surface area contributed by atoms with E-state index >= 15 is 0 Å². The largest absolute Gasteiger partial charge is 0.494 e. The lowest BCUT2D eigenvalue weighted by Gasteiger charge is -2.08. The van der Waals surface area contributed by atoms with Crippen LogP contribution in [0.5, 0.6) is 5.75 Å². The van der Waals surface area contributed by atoms with Gasteiger partial charge in [-0.05, 0) is 36.8 Å². The molecule has 5 heteroatoms.